The number of likely N-dealkylation sites (tertiary alicyclic amines) is 1. The number of likely N-dealkylation sites (N-methyl/N-ethyl adjacent to an activating group) is 1. The summed E-state index contributed by atoms with van der Waals surface area (Å²) in [7, 11) is 4.05. The van der Waals surface area contributed by atoms with E-state index in [0.29, 0.717) is 18.0 Å². The molecule has 2 saturated heterocycles. The minimum Gasteiger partial charge on any atom is -0.497 e. The fourth-order valence-electron chi connectivity index (χ4n) is 9.65. The zero-order valence-corrected chi connectivity index (χ0v) is 29.6. The molecule has 8 rings (SSSR count). The van der Waals surface area contributed by atoms with Crippen molar-refractivity contribution in [2.45, 2.75) is 81.8 Å². The van der Waals surface area contributed by atoms with E-state index in [1.54, 1.807) is 13.2 Å². The largest absolute Gasteiger partial charge is 0.497 e. The van der Waals surface area contributed by atoms with Gasteiger partial charge in [-0.2, -0.15) is 12.7 Å². The Morgan fingerprint density at radius 1 is 0.938 bits per heavy atom. The maximum atomic E-state index is 15.0. The number of carbonyl (C=O) groups excluding carboxylic acids is 2. The quantitative estimate of drug-likeness (QED) is 0.364. The Balaban J connectivity index is 1.33. The van der Waals surface area contributed by atoms with Gasteiger partial charge in [0.15, 0.2) is 0 Å². The fourth-order valence-corrected chi connectivity index (χ4v) is 10.5. The lowest BCUT2D eigenvalue weighted by molar-refractivity contribution is -0.143. The van der Waals surface area contributed by atoms with Crippen molar-refractivity contribution in [3.63, 3.8) is 0 Å². The predicted molar refractivity (Wildman–Crippen MR) is 185 cm³/mol. The Morgan fingerprint density at radius 3 is 2.31 bits per heavy atom. The van der Waals surface area contributed by atoms with Crippen LogP contribution in [-0.4, -0.2) is 104 Å². The number of carbonyl (C=O) groups is 2. The standard InChI is InChI=1S/C37H47N5O5S/c1-38(2)48(45,46)40(4)35(43)24-11-15-29-32(17-24)41-22-37(36(44)42-25-12-13-26(42)21-39(3)20-25)19-31(37)30-18-27(47-5)14-16-28(30)34(41)33(29)23-9-7-6-8-10-23/h11,14-18,23,25-26,31H,6-10,12-13,19-22H2,1-5H3/t25?,26?,31-,37-/m0/s1. The van der Waals surface area contributed by atoms with Gasteiger partial charge in [0.05, 0.1) is 18.2 Å². The second-order valence-electron chi connectivity index (χ2n) is 15.2. The van der Waals surface area contributed by atoms with Crippen LogP contribution in [0.5, 0.6) is 5.75 Å². The molecule has 2 unspecified atom stereocenters. The lowest BCUT2D eigenvalue weighted by Gasteiger charge is -2.41. The number of amides is 2. The van der Waals surface area contributed by atoms with Crippen LogP contribution < -0.4 is 4.74 Å². The van der Waals surface area contributed by atoms with Crippen LogP contribution in [0.2, 0.25) is 0 Å². The highest BCUT2D eigenvalue weighted by Crippen LogP contribution is 2.66. The van der Waals surface area contributed by atoms with Crippen molar-refractivity contribution in [1.82, 2.24) is 23.0 Å². The molecule has 5 aliphatic rings. The van der Waals surface area contributed by atoms with Gasteiger partial charge >= 0.3 is 10.2 Å². The second-order valence-corrected chi connectivity index (χ2v) is 17.3. The number of benzene rings is 2. The Hall–Kier alpha value is -3.41. The number of ether oxygens (including phenoxy) is 1. The number of hydrogen-bond acceptors (Lipinski definition) is 6. The van der Waals surface area contributed by atoms with E-state index in [1.165, 1.54) is 51.5 Å². The highest BCUT2D eigenvalue weighted by atomic mass is 32.2. The molecule has 0 radical (unpaired) electrons. The fraction of sp³-hybridized carbons (Fsp3) is 0.568. The van der Waals surface area contributed by atoms with Crippen LogP contribution in [0.25, 0.3) is 22.2 Å². The number of rotatable bonds is 6. The molecule has 2 amide bonds. The van der Waals surface area contributed by atoms with Crippen molar-refractivity contribution < 1.29 is 22.7 Å². The minimum absolute atomic E-state index is 0.0736. The first-order chi connectivity index (χ1) is 23.0. The highest BCUT2D eigenvalue weighted by Gasteiger charge is 2.65. The van der Waals surface area contributed by atoms with E-state index >= 15 is 4.79 Å². The zero-order valence-electron chi connectivity index (χ0n) is 28.7. The summed E-state index contributed by atoms with van der Waals surface area (Å²) in [5.41, 5.74) is 5.39. The van der Waals surface area contributed by atoms with Gasteiger partial charge in [-0.25, -0.2) is 4.31 Å². The Morgan fingerprint density at radius 2 is 1.65 bits per heavy atom. The normalized spacial score (nSPS) is 27.0. The second kappa shape index (κ2) is 11.3. The molecule has 10 nitrogen and oxygen atoms in total. The maximum absolute atomic E-state index is 15.0. The van der Waals surface area contributed by atoms with Gasteiger partial charge in [-0.05, 0) is 86.5 Å². The van der Waals surface area contributed by atoms with Crippen molar-refractivity contribution in [1.29, 1.82) is 0 Å². The van der Waals surface area contributed by atoms with Crippen LogP contribution >= 0.6 is 0 Å². The number of fused-ring (bicyclic) bond motifs is 9. The molecule has 2 bridgehead atoms. The van der Waals surface area contributed by atoms with Crippen LogP contribution in [0.15, 0.2) is 36.4 Å². The van der Waals surface area contributed by atoms with Crippen LogP contribution in [0, 0.1) is 5.41 Å². The Kier molecular flexibility index (Phi) is 7.50. The van der Waals surface area contributed by atoms with Crippen molar-refractivity contribution in [2.75, 3.05) is 48.4 Å². The monoisotopic (exact) mass is 673 g/mol. The zero-order chi connectivity index (χ0) is 33.7. The number of hydrogen-bond donors (Lipinski definition) is 0. The summed E-state index contributed by atoms with van der Waals surface area (Å²) < 4.78 is 35.9. The van der Waals surface area contributed by atoms with Crippen molar-refractivity contribution >= 4 is 32.9 Å². The molecule has 48 heavy (non-hydrogen) atoms. The van der Waals surface area contributed by atoms with Crippen LogP contribution in [-0.2, 0) is 21.5 Å². The number of aromatic nitrogens is 1. The van der Waals surface area contributed by atoms with Gasteiger partial charge in [0.2, 0.25) is 5.91 Å². The first-order valence-corrected chi connectivity index (χ1v) is 18.9. The van der Waals surface area contributed by atoms with Crippen molar-refractivity contribution in [2.24, 2.45) is 5.41 Å². The molecule has 0 spiro atoms. The third kappa shape index (κ3) is 4.67. The summed E-state index contributed by atoms with van der Waals surface area (Å²) in [6.45, 7) is 2.35. The molecule has 3 aliphatic heterocycles. The summed E-state index contributed by atoms with van der Waals surface area (Å²) in [5.74, 6) is 0.913. The molecule has 0 N–H and O–H groups in total. The van der Waals surface area contributed by atoms with E-state index in [9.17, 15) is 13.2 Å². The lowest BCUT2D eigenvalue weighted by atomic mass is 9.81. The number of methoxy groups -OCH3 is 1. The molecular formula is C37H47N5O5S. The predicted octanol–water partition coefficient (Wildman–Crippen LogP) is 5.04. The van der Waals surface area contributed by atoms with E-state index in [0.717, 1.165) is 81.7 Å². The van der Waals surface area contributed by atoms with E-state index in [-0.39, 0.29) is 23.9 Å². The van der Waals surface area contributed by atoms with E-state index < -0.39 is 21.5 Å². The topological polar surface area (TPSA) is 95.4 Å². The maximum Gasteiger partial charge on any atom is 0.305 e. The van der Waals surface area contributed by atoms with Gasteiger partial charge in [-0.15, -0.1) is 0 Å². The van der Waals surface area contributed by atoms with Crippen molar-refractivity contribution in [3.05, 3.63) is 53.1 Å². The minimum atomic E-state index is -3.96. The van der Waals surface area contributed by atoms with E-state index in [2.05, 4.69) is 33.5 Å². The summed E-state index contributed by atoms with van der Waals surface area (Å²) in [5, 5.41) is 1.09. The first kappa shape index (κ1) is 31.8. The highest BCUT2D eigenvalue weighted by molar-refractivity contribution is 7.87. The van der Waals surface area contributed by atoms with Crippen LogP contribution in [0.1, 0.15) is 84.7 Å². The van der Waals surface area contributed by atoms with Gasteiger partial charge in [0.25, 0.3) is 5.91 Å². The first-order valence-electron chi connectivity index (χ1n) is 17.5. The molecule has 3 aromatic rings. The van der Waals surface area contributed by atoms with Gasteiger partial charge in [0, 0.05) is 80.8 Å². The van der Waals surface area contributed by atoms with Gasteiger partial charge < -0.3 is 19.1 Å². The van der Waals surface area contributed by atoms with Crippen LogP contribution in [0.3, 0.4) is 0 Å². The smallest absolute Gasteiger partial charge is 0.305 e. The summed E-state index contributed by atoms with van der Waals surface area (Å²) >= 11 is 0. The van der Waals surface area contributed by atoms with Gasteiger partial charge in [0.1, 0.15) is 5.75 Å². The molecule has 4 fully saturated rings. The van der Waals surface area contributed by atoms with Gasteiger partial charge in [-0.3, -0.25) is 9.59 Å². The molecular weight excluding hydrogens is 627 g/mol. The Labute approximate surface area is 283 Å². The molecule has 4 heterocycles. The number of piperazine rings is 1. The number of nitrogens with zero attached hydrogens (tertiary/aromatic N) is 5. The molecule has 256 valence electrons. The average molecular weight is 674 g/mol. The molecule has 11 heteroatoms. The van der Waals surface area contributed by atoms with E-state index in [1.807, 2.05) is 18.2 Å². The van der Waals surface area contributed by atoms with Crippen molar-refractivity contribution in [3.8, 4) is 17.0 Å². The lowest BCUT2D eigenvalue weighted by Crippen LogP contribution is -2.57. The molecule has 2 aliphatic carbocycles. The Bertz CT molecular complexity index is 1920. The molecule has 2 saturated carbocycles. The third-order valence-electron chi connectivity index (χ3n) is 12.2. The summed E-state index contributed by atoms with van der Waals surface area (Å²) in [6.07, 6.45) is 8.64. The molecule has 2 aromatic carbocycles. The molecule has 1 aromatic heterocycles. The van der Waals surface area contributed by atoms with Gasteiger partial charge in [-0.1, -0.05) is 25.3 Å². The van der Waals surface area contributed by atoms with Crippen LogP contribution in [0.4, 0.5) is 0 Å². The summed E-state index contributed by atoms with van der Waals surface area (Å²) in [4.78, 5) is 33.4. The van der Waals surface area contributed by atoms with E-state index in [4.69, 9.17) is 4.74 Å². The summed E-state index contributed by atoms with van der Waals surface area (Å²) in [6, 6.07) is 12.5. The third-order valence-corrected chi connectivity index (χ3v) is 14.0. The SMILES string of the molecule is COc1ccc2c(c1)[C@@H]1C[C@]1(C(=O)N1C3CCC1CN(C)C3)Cn1c-2c(C2CCCCC2)c2ccc(C(=O)N(C)S(=O)(=O)N(C)C)cc21. The average Bonchev–Trinajstić information content (AvgIpc) is 3.67. The molecule has 4 atom stereocenters.